The van der Waals surface area contributed by atoms with Crippen molar-refractivity contribution in [3.63, 3.8) is 0 Å². The average Bonchev–Trinajstić information content (AvgIpc) is 2.01. The molecule has 76 valence electrons. The van der Waals surface area contributed by atoms with Crippen molar-refractivity contribution in [2.75, 3.05) is 0 Å². The van der Waals surface area contributed by atoms with Gasteiger partial charge in [0.1, 0.15) is 17.0 Å². The molecule has 2 N–H and O–H groups in total. The molecule has 0 saturated carbocycles. The second-order valence-electron chi connectivity index (χ2n) is 2.91. The van der Waals surface area contributed by atoms with Crippen LogP contribution in [-0.2, 0) is 4.79 Å². The normalized spacial score (nSPS) is 12.5. The number of hydrogen-bond acceptors (Lipinski definition) is 3. The summed E-state index contributed by atoms with van der Waals surface area (Å²) in [6.07, 6.45) is 0. The Labute approximate surface area is 85.5 Å². The summed E-state index contributed by atoms with van der Waals surface area (Å²) in [4.78, 5) is 26.2. The SMILES string of the molecule is Cc1nc(Cl)cc(=O)n1C(C)C(N)=O. The van der Waals surface area contributed by atoms with Crippen molar-refractivity contribution in [3.8, 4) is 0 Å². The van der Waals surface area contributed by atoms with Crippen molar-refractivity contribution >= 4 is 17.5 Å². The lowest BCUT2D eigenvalue weighted by atomic mass is 10.3. The summed E-state index contributed by atoms with van der Waals surface area (Å²) in [7, 11) is 0. The number of aromatic nitrogens is 2. The van der Waals surface area contributed by atoms with Gasteiger partial charge in [0.25, 0.3) is 5.56 Å². The molecule has 1 rings (SSSR count). The van der Waals surface area contributed by atoms with Crippen LogP contribution in [0, 0.1) is 6.92 Å². The fourth-order valence-corrected chi connectivity index (χ4v) is 1.39. The van der Waals surface area contributed by atoms with Gasteiger partial charge < -0.3 is 5.73 Å². The van der Waals surface area contributed by atoms with Gasteiger partial charge in [-0.2, -0.15) is 0 Å². The zero-order chi connectivity index (χ0) is 10.9. The van der Waals surface area contributed by atoms with Gasteiger partial charge >= 0.3 is 0 Å². The molecule has 0 fully saturated rings. The molecule has 0 aromatic carbocycles. The quantitative estimate of drug-likeness (QED) is 0.719. The third-order valence-corrected chi connectivity index (χ3v) is 2.09. The second-order valence-corrected chi connectivity index (χ2v) is 3.30. The molecule has 0 spiro atoms. The summed E-state index contributed by atoms with van der Waals surface area (Å²) in [5.41, 5.74) is 4.70. The number of nitrogens with two attached hydrogens (primary N) is 1. The van der Waals surface area contributed by atoms with Crippen LogP contribution in [0.25, 0.3) is 0 Å². The van der Waals surface area contributed by atoms with E-state index >= 15 is 0 Å². The van der Waals surface area contributed by atoms with Crippen molar-refractivity contribution in [1.29, 1.82) is 0 Å². The van der Waals surface area contributed by atoms with Crippen molar-refractivity contribution in [3.05, 3.63) is 27.4 Å². The Morgan fingerprint density at radius 1 is 1.71 bits per heavy atom. The second kappa shape index (κ2) is 3.79. The van der Waals surface area contributed by atoms with Crippen molar-refractivity contribution in [2.24, 2.45) is 5.73 Å². The molecule has 0 radical (unpaired) electrons. The first-order valence-electron chi connectivity index (χ1n) is 3.98. The maximum atomic E-state index is 11.4. The Kier molecular flexibility index (Phi) is 2.90. The number of carbonyl (C=O) groups excluding carboxylic acids is 1. The first-order valence-corrected chi connectivity index (χ1v) is 4.36. The number of amides is 1. The number of nitrogens with zero attached hydrogens (tertiary/aromatic N) is 2. The fraction of sp³-hybridized carbons (Fsp3) is 0.375. The molecule has 6 heteroatoms. The van der Waals surface area contributed by atoms with Gasteiger partial charge in [0.2, 0.25) is 5.91 Å². The van der Waals surface area contributed by atoms with Crippen LogP contribution in [0.15, 0.2) is 10.9 Å². The molecule has 0 bridgehead atoms. The zero-order valence-corrected chi connectivity index (χ0v) is 8.58. The van der Waals surface area contributed by atoms with Crippen LogP contribution in [0.2, 0.25) is 5.15 Å². The molecule has 14 heavy (non-hydrogen) atoms. The van der Waals surface area contributed by atoms with Crippen LogP contribution in [0.1, 0.15) is 18.8 Å². The highest BCUT2D eigenvalue weighted by Crippen LogP contribution is 2.07. The summed E-state index contributed by atoms with van der Waals surface area (Å²) >= 11 is 5.57. The summed E-state index contributed by atoms with van der Waals surface area (Å²) in [6.45, 7) is 3.12. The van der Waals surface area contributed by atoms with E-state index in [1.807, 2.05) is 0 Å². The number of carbonyl (C=O) groups is 1. The first kappa shape index (κ1) is 10.7. The Morgan fingerprint density at radius 2 is 2.29 bits per heavy atom. The van der Waals surface area contributed by atoms with Gasteiger partial charge in [-0.25, -0.2) is 4.98 Å². The third-order valence-electron chi connectivity index (χ3n) is 1.90. The highest BCUT2D eigenvalue weighted by Gasteiger charge is 2.15. The molecular weight excluding hydrogens is 206 g/mol. The monoisotopic (exact) mass is 215 g/mol. The average molecular weight is 216 g/mol. The lowest BCUT2D eigenvalue weighted by Gasteiger charge is -2.13. The molecule has 1 unspecified atom stereocenters. The molecule has 1 heterocycles. The number of primary amides is 1. The van der Waals surface area contributed by atoms with Gasteiger partial charge in [-0.15, -0.1) is 0 Å². The highest BCUT2D eigenvalue weighted by atomic mass is 35.5. The number of aryl methyl sites for hydroxylation is 1. The van der Waals surface area contributed by atoms with Gasteiger partial charge in [-0.3, -0.25) is 14.2 Å². The van der Waals surface area contributed by atoms with Gasteiger partial charge in [0.05, 0.1) is 0 Å². The van der Waals surface area contributed by atoms with Crippen LogP contribution in [0.4, 0.5) is 0 Å². The molecule has 0 aliphatic rings. The Hall–Kier alpha value is -1.36. The highest BCUT2D eigenvalue weighted by molar-refractivity contribution is 6.29. The summed E-state index contributed by atoms with van der Waals surface area (Å²) in [5, 5.41) is 0.112. The Bertz CT molecular complexity index is 427. The predicted octanol–water partition coefficient (Wildman–Crippen LogP) is 0.251. The molecule has 5 nitrogen and oxygen atoms in total. The minimum atomic E-state index is -0.715. The number of rotatable bonds is 2. The topological polar surface area (TPSA) is 78.0 Å². The smallest absolute Gasteiger partial charge is 0.255 e. The maximum Gasteiger partial charge on any atom is 0.255 e. The molecule has 1 amide bonds. The van der Waals surface area contributed by atoms with Crippen molar-refractivity contribution < 1.29 is 4.79 Å². The van der Waals surface area contributed by atoms with Gasteiger partial charge in [0, 0.05) is 6.07 Å². The first-order chi connectivity index (χ1) is 6.43. The van der Waals surface area contributed by atoms with E-state index in [1.165, 1.54) is 11.5 Å². The lowest BCUT2D eigenvalue weighted by molar-refractivity contribution is -0.120. The minimum Gasteiger partial charge on any atom is -0.368 e. The molecule has 1 aromatic heterocycles. The van der Waals surface area contributed by atoms with E-state index in [-0.39, 0.29) is 10.7 Å². The molecule has 0 aliphatic carbocycles. The van der Waals surface area contributed by atoms with Crippen LogP contribution in [-0.4, -0.2) is 15.5 Å². The van der Waals surface area contributed by atoms with Gasteiger partial charge in [-0.1, -0.05) is 11.6 Å². The molecule has 1 aromatic rings. The maximum absolute atomic E-state index is 11.4. The molecular formula is C8H10ClN3O2. The standard InChI is InChI=1S/C8H10ClN3O2/c1-4(8(10)14)12-5(2)11-6(9)3-7(12)13/h3-4H,1-2H3,(H2,10,14). The van der Waals surface area contributed by atoms with E-state index in [1.54, 1.807) is 6.92 Å². The zero-order valence-electron chi connectivity index (χ0n) is 7.82. The predicted molar refractivity (Wildman–Crippen MR) is 52.1 cm³/mol. The molecule has 0 saturated heterocycles. The van der Waals surface area contributed by atoms with E-state index in [0.29, 0.717) is 5.82 Å². The van der Waals surface area contributed by atoms with Gasteiger partial charge in [0.15, 0.2) is 0 Å². The Morgan fingerprint density at radius 3 is 2.71 bits per heavy atom. The largest absolute Gasteiger partial charge is 0.368 e. The van der Waals surface area contributed by atoms with Crippen LogP contribution in [0.5, 0.6) is 0 Å². The summed E-state index contributed by atoms with van der Waals surface area (Å²) in [6, 6.07) is 0.431. The van der Waals surface area contributed by atoms with E-state index < -0.39 is 11.9 Å². The van der Waals surface area contributed by atoms with Gasteiger partial charge in [-0.05, 0) is 13.8 Å². The van der Waals surface area contributed by atoms with E-state index in [4.69, 9.17) is 17.3 Å². The van der Waals surface area contributed by atoms with E-state index in [2.05, 4.69) is 4.98 Å². The lowest BCUT2D eigenvalue weighted by Crippen LogP contribution is -2.33. The van der Waals surface area contributed by atoms with Crippen LogP contribution < -0.4 is 11.3 Å². The fourth-order valence-electron chi connectivity index (χ4n) is 1.17. The number of halogens is 1. The molecule has 0 aliphatic heterocycles. The van der Waals surface area contributed by atoms with Crippen LogP contribution in [0.3, 0.4) is 0 Å². The minimum absolute atomic E-state index is 0.112. The summed E-state index contributed by atoms with van der Waals surface area (Å²) in [5.74, 6) is -0.215. The van der Waals surface area contributed by atoms with E-state index in [0.717, 1.165) is 6.07 Å². The third kappa shape index (κ3) is 1.93. The molecule has 1 atom stereocenters. The van der Waals surface area contributed by atoms with Crippen LogP contribution >= 0.6 is 11.6 Å². The van der Waals surface area contributed by atoms with E-state index in [9.17, 15) is 9.59 Å². The van der Waals surface area contributed by atoms with Crippen molar-refractivity contribution in [2.45, 2.75) is 19.9 Å². The Balaban J connectivity index is 3.35. The summed E-state index contributed by atoms with van der Waals surface area (Å²) < 4.78 is 1.20. The number of hydrogen-bond donors (Lipinski definition) is 1. The van der Waals surface area contributed by atoms with Crippen molar-refractivity contribution in [1.82, 2.24) is 9.55 Å².